The first-order valence-corrected chi connectivity index (χ1v) is 12.4. The van der Waals surface area contributed by atoms with Gasteiger partial charge in [0.1, 0.15) is 23.1 Å². The molecule has 0 bridgehead atoms. The van der Waals surface area contributed by atoms with Crippen LogP contribution >= 0.6 is 0 Å². The van der Waals surface area contributed by atoms with Gasteiger partial charge in [0, 0.05) is 24.6 Å². The fourth-order valence-corrected chi connectivity index (χ4v) is 3.29. The van der Waals surface area contributed by atoms with Gasteiger partial charge in [0.05, 0.1) is 17.1 Å². The van der Waals surface area contributed by atoms with E-state index in [2.05, 4.69) is 31.2 Å². The van der Waals surface area contributed by atoms with Crippen molar-refractivity contribution in [2.75, 3.05) is 33.4 Å². The molecule has 11 nitrogen and oxygen atoms in total. The van der Waals surface area contributed by atoms with Crippen LogP contribution in [0.15, 0.2) is 48.7 Å². The van der Waals surface area contributed by atoms with Crippen LogP contribution < -0.4 is 27.0 Å². The number of sulfone groups is 1. The third kappa shape index (κ3) is 7.11. The Morgan fingerprint density at radius 2 is 1.77 bits per heavy atom. The molecular formula is C22H24FN7O4S. The summed E-state index contributed by atoms with van der Waals surface area (Å²) in [6.45, 7) is 1.69. The van der Waals surface area contributed by atoms with Crippen LogP contribution in [0.4, 0.5) is 38.9 Å². The van der Waals surface area contributed by atoms with E-state index >= 15 is 0 Å². The van der Waals surface area contributed by atoms with Crippen LogP contribution in [0.1, 0.15) is 23.7 Å². The zero-order chi connectivity index (χ0) is 25.6. The number of benzene rings is 2. The maximum atomic E-state index is 14.4. The summed E-state index contributed by atoms with van der Waals surface area (Å²) >= 11 is 0. The van der Waals surface area contributed by atoms with Crippen LogP contribution in [0.25, 0.3) is 0 Å². The minimum atomic E-state index is -3.30. The van der Waals surface area contributed by atoms with Gasteiger partial charge in [-0.2, -0.15) is 4.98 Å². The molecule has 0 saturated carbocycles. The fraction of sp³-hybridized carbons (Fsp3) is 0.182. The van der Waals surface area contributed by atoms with Crippen molar-refractivity contribution in [3.8, 4) is 0 Å². The SMILES string of the molecule is CCC(=O)Nc1ccc(F)c(Nc2ncc(C(N)=O)c(Nc3ccccc3NCS(C)(=O)=O)n2)c1. The van der Waals surface area contributed by atoms with Gasteiger partial charge in [-0.25, -0.2) is 17.8 Å². The second-order valence-corrected chi connectivity index (χ2v) is 9.60. The first kappa shape index (κ1) is 25.4. The van der Waals surface area contributed by atoms with Crippen molar-refractivity contribution in [1.82, 2.24) is 9.97 Å². The minimum Gasteiger partial charge on any atom is -0.370 e. The van der Waals surface area contributed by atoms with E-state index in [1.807, 2.05) is 0 Å². The lowest BCUT2D eigenvalue weighted by atomic mass is 10.2. The average molecular weight is 502 g/mol. The van der Waals surface area contributed by atoms with Gasteiger partial charge in [-0.05, 0) is 30.3 Å². The van der Waals surface area contributed by atoms with Gasteiger partial charge in [-0.3, -0.25) is 9.59 Å². The van der Waals surface area contributed by atoms with Crippen LogP contribution in [0, 0.1) is 5.82 Å². The zero-order valence-corrected chi connectivity index (χ0v) is 19.7. The Morgan fingerprint density at radius 3 is 2.43 bits per heavy atom. The van der Waals surface area contributed by atoms with Crippen LogP contribution in [0.3, 0.4) is 0 Å². The number of amides is 2. The number of nitrogens with one attached hydrogen (secondary N) is 4. The zero-order valence-electron chi connectivity index (χ0n) is 18.9. The Hall–Kier alpha value is -4.26. The summed E-state index contributed by atoms with van der Waals surface area (Å²) in [5, 5.41) is 11.1. The highest BCUT2D eigenvalue weighted by Gasteiger charge is 2.16. The summed E-state index contributed by atoms with van der Waals surface area (Å²) in [7, 11) is -3.30. The Kier molecular flexibility index (Phi) is 7.81. The number of para-hydroxylation sites is 2. The number of hydrogen-bond donors (Lipinski definition) is 5. The van der Waals surface area contributed by atoms with Gasteiger partial charge in [0.15, 0.2) is 9.84 Å². The van der Waals surface area contributed by atoms with E-state index < -0.39 is 21.6 Å². The van der Waals surface area contributed by atoms with Gasteiger partial charge in [-0.15, -0.1) is 0 Å². The molecule has 1 heterocycles. The largest absolute Gasteiger partial charge is 0.370 e. The van der Waals surface area contributed by atoms with Gasteiger partial charge in [0.25, 0.3) is 5.91 Å². The smallest absolute Gasteiger partial charge is 0.254 e. The monoisotopic (exact) mass is 501 g/mol. The molecular weight excluding hydrogens is 477 g/mol. The van der Waals surface area contributed by atoms with Crippen LogP contribution in [-0.2, 0) is 14.6 Å². The normalized spacial score (nSPS) is 10.9. The van der Waals surface area contributed by atoms with Crippen LogP contribution in [-0.4, -0.2) is 42.3 Å². The third-order valence-electron chi connectivity index (χ3n) is 4.58. The maximum absolute atomic E-state index is 14.4. The summed E-state index contributed by atoms with van der Waals surface area (Å²) < 4.78 is 37.5. The molecule has 13 heteroatoms. The standard InChI is InChI=1S/C22H24FN7O4S/c1-3-19(31)27-13-8-9-15(23)18(10-13)29-22-25-11-14(20(24)32)21(30-22)28-17-7-5-4-6-16(17)26-12-35(2,33)34/h4-11,26H,3,12H2,1-2H3,(H2,24,32)(H,27,31)(H2,25,28,29,30). The highest BCUT2D eigenvalue weighted by Crippen LogP contribution is 2.28. The number of anilines is 6. The molecule has 0 aliphatic rings. The lowest BCUT2D eigenvalue weighted by Gasteiger charge is -2.15. The highest BCUT2D eigenvalue weighted by atomic mass is 32.2. The maximum Gasteiger partial charge on any atom is 0.254 e. The van der Waals surface area contributed by atoms with E-state index in [4.69, 9.17) is 5.73 Å². The molecule has 0 unspecified atom stereocenters. The Morgan fingerprint density at radius 1 is 1.06 bits per heavy atom. The number of hydrogen-bond acceptors (Lipinski definition) is 9. The molecule has 3 aromatic rings. The van der Waals surface area contributed by atoms with E-state index in [0.717, 1.165) is 6.26 Å². The quantitative estimate of drug-likeness (QED) is 0.280. The molecule has 0 spiro atoms. The van der Waals surface area contributed by atoms with Crippen molar-refractivity contribution in [2.24, 2.45) is 5.73 Å². The molecule has 184 valence electrons. The number of carbonyl (C=O) groups excluding carboxylic acids is 2. The van der Waals surface area contributed by atoms with Gasteiger partial charge < -0.3 is 27.0 Å². The van der Waals surface area contributed by atoms with Crippen molar-refractivity contribution in [2.45, 2.75) is 13.3 Å². The molecule has 3 rings (SSSR count). The van der Waals surface area contributed by atoms with Crippen LogP contribution in [0.2, 0.25) is 0 Å². The van der Waals surface area contributed by atoms with E-state index in [1.54, 1.807) is 31.2 Å². The molecule has 2 amide bonds. The molecule has 0 aliphatic carbocycles. The first-order valence-electron chi connectivity index (χ1n) is 10.4. The van der Waals surface area contributed by atoms with Crippen molar-refractivity contribution in [3.63, 3.8) is 0 Å². The second kappa shape index (κ2) is 10.8. The van der Waals surface area contributed by atoms with Crippen molar-refractivity contribution < 1.29 is 22.4 Å². The van der Waals surface area contributed by atoms with E-state index in [1.165, 1.54) is 24.4 Å². The van der Waals surface area contributed by atoms with E-state index in [9.17, 15) is 22.4 Å². The summed E-state index contributed by atoms with van der Waals surface area (Å²) in [5.41, 5.74) is 6.63. The summed E-state index contributed by atoms with van der Waals surface area (Å²) in [6.07, 6.45) is 2.52. The molecule has 1 aromatic heterocycles. The molecule has 0 fully saturated rings. The molecule has 2 aromatic carbocycles. The van der Waals surface area contributed by atoms with Gasteiger partial charge >= 0.3 is 0 Å². The number of rotatable bonds is 10. The molecule has 6 N–H and O–H groups in total. The Bertz CT molecular complexity index is 1370. The number of nitrogens with two attached hydrogens (primary N) is 1. The Labute approximate surface area is 201 Å². The molecule has 0 atom stereocenters. The lowest BCUT2D eigenvalue weighted by Crippen LogP contribution is -2.17. The van der Waals surface area contributed by atoms with E-state index in [-0.39, 0.29) is 41.2 Å². The predicted octanol–water partition coefficient (Wildman–Crippen LogP) is 2.96. The number of primary amides is 1. The Balaban J connectivity index is 1.92. The summed E-state index contributed by atoms with van der Waals surface area (Å²) in [5.74, 6) is -2.02. The highest BCUT2D eigenvalue weighted by molar-refractivity contribution is 7.90. The number of nitrogens with zero attached hydrogens (tertiary/aromatic N) is 2. The molecule has 0 saturated heterocycles. The number of halogens is 1. The molecule has 0 aliphatic heterocycles. The van der Waals surface area contributed by atoms with E-state index in [0.29, 0.717) is 17.1 Å². The van der Waals surface area contributed by atoms with Gasteiger partial charge in [0.2, 0.25) is 11.9 Å². The molecule has 0 radical (unpaired) electrons. The number of aromatic nitrogens is 2. The van der Waals surface area contributed by atoms with Gasteiger partial charge in [-0.1, -0.05) is 19.1 Å². The minimum absolute atomic E-state index is 0.00750. The predicted molar refractivity (Wildman–Crippen MR) is 132 cm³/mol. The second-order valence-electron chi connectivity index (χ2n) is 7.46. The lowest BCUT2D eigenvalue weighted by molar-refractivity contribution is -0.115. The van der Waals surface area contributed by atoms with Crippen molar-refractivity contribution in [1.29, 1.82) is 0 Å². The first-order chi connectivity index (χ1) is 16.6. The third-order valence-corrected chi connectivity index (χ3v) is 5.25. The average Bonchev–Trinajstić information content (AvgIpc) is 2.80. The summed E-state index contributed by atoms with van der Waals surface area (Å²) in [6, 6.07) is 10.7. The fourth-order valence-electron chi connectivity index (χ4n) is 2.87. The molecule has 35 heavy (non-hydrogen) atoms. The van der Waals surface area contributed by atoms with Crippen molar-refractivity contribution in [3.05, 3.63) is 60.0 Å². The summed E-state index contributed by atoms with van der Waals surface area (Å²) in [4.78, 5) is 31.9. The van der Waals surface area contributed by atoms with Crippen LogP contribution in [0.5, 0.6) is 0 Å². The topological polar surface area (TPSA) is 168 Å². The number of carbonyl (C=O) groups is 2. The van der Waals surface area contributed by atoms with Crippen molar-refractivity contribution >= 4 is 56.2 Å².